The van der Waals surface area contributed by atoms with Crippen LogP contribution in [-0.4, -0.2) is 18.1 Å². The highest BCUT2D eigenvalue weighted by molar-refractivity contribution is 5.47. The second-order valence-electron chi connectivity index (χ2n) is 3.79. The number of rotatable bonds is 5. The molecule has 1 aromatic heterocycles. The molecular formula is C13H20N2. The highest BCUT2D eigenvalue weighted by atomic mass is 14.9. The third-order valence-electron chi connectivity index (χ3n) is 2.79. The molecule has 0 aromatic carbocycles. The molecule has 0 fully saturated rings. The first-order valence-corrected chi connectivity index (χ1v) is 5.53. The summed E-state index contributed by atoms with van der Waals surface area (Å²) in [6, 6.07) is 4.55. The van der Waals surface area contributed by atoms with Crippen LogP contribution in [0.2, 0.25) is 0 Å². The molecular weight excluding hydrogens is 184 g/mol. The van der Waals surface area contributed by atoms with Crippen molar-refractivity contribution in [1.29, 1.82) is 0 Å². The molecule has 82 valence electrons. The Balaban J connectivity index is 2.63. The minimum atomic E-state index is 0.517. The summed E-state index contributed by atoms with van der Waals surface area (Å²) < 4.78 is 0. The van der Waals surface area contributed by atoms with E-state index in [2.05, 4.69) is 42.4 Å². The van der Waals surface area contributed by atoms with Crippen molar-refractivity contribution in [1.82, 2.24) is 10.3 Å². The molecule has 0 saturated carbocycles. The van der Waals surface area contributed by atoms with Gasteiger partial charge in [-0.2, -0.15) is 0 Å². The third-order valence-corrected chi connectivity index (χ3v) is 2.79. The van der Waals surface area contributed by atoms with E-state index in [4.69, 9.17) is 0 Å². The average Bonchev–Trinajstić information content (AvgIpc) is 2.31. The maximum atomic E-state index is 4.09. The molecule has 0 saturated heterocycles. The summed E-state index contributed by atoms with van der Waals surface area (Å²) in [5.41, 5.74) is 1.17. The number of aromatic nitrogens is 1. The normalized spacial score (nSPS) is 15.4. The van der Waals surface area contributed by atoms with Crippen LogP contribution in [0.1, 0.15) is 25.8 Å². The van der Waals surface area contributed by atoms with Crippen molar-refractivity contribution in [3.8, 4) is 0 Å². The predicted molar refractivity (Wildman–Crippen MR) is 65.6 cm³/mol. The Kier molecular flexibility index (Phi) is 5.05. The molecule has 1 heterocycles. The van der Waals surface area contributed by atoms with Crippen LogP contribution < -0.4 is 5.32 Å². The molecule has 15 heavy (non-hydrogen) atoms. The van der Waals surface area contributed by atoms with Gasteiger partial charge in [-0.3, -0.25) is 4.98 Å². The van der Waals surface area contributed by atoms with Crippen molar-refractivity contribution in [3.05, 3.63) is 36.2 Å². The van der Waals surface area contributed by atoms with Gasteiger partial charge in [0.2, 0.25) is 0 Å². The lowest BCUT2D eigenvalue weighted by Gasteiger charge is -2.18. The second kappa shape index (κ2) is 6.36. The third kappa shape index (κ3) is 3.84. The summed E-state index contributed by atoms with van der Waals surface area (Å²) in [6.07, 6.45) is 9.24. The quantitative estimate of drug-likeness (QED) is 0.797. The zero-order valence-corrected chi connectivity index (χ0v) is 9.77. The van der Waals surface area contributed by atoms with Crippen LogP contribution >= 0.6 is 0 Å². The number of nitrogens with one attached hydrogen (secondary N) is 1. The Bertz CT molecular complexity index is 293. The van der Waals surface area contributed by atoms with E-state index < -0.39 is 0 Å². The SMILES string of the molecule is CCC(C=Cc1cccnc1)C(C)NC. The Morgan fingerprint density at radius 2 is 2.33 bits per heavy atom. The standard InChI is InChI=1S/C13H20N2/c1-4-13(11(2)14-3)8-7-12-6-5-9-15-10-12/h5-11,13-14H,4H2,1-3H3. The molecule has 1 N–H and O–H groups in total. The molecule has 0 radical (unpaired) electrons. The highest BCUT2D eigenvalue weighted by Crippen LogP contribution is 2.12. The molecule has 0 spiro atoms. The number of pyridine rings is 1. The summed E-state index contributed by atoms with van der Waals surface area (Å²) in [4.78, 5) is 4.09. The monoisotopic (exact) mass is 204 g/mol. The molecule has 2 unspecified atom stereocenters. The van der Waals surface area contributed by atoms with Gasteiger partial charge in [0.1, 0.15) is 0 Å². The maximum absolute atomic E-state index is 4.09. The summed E-state index contributed by atoms with van der Waals surface area (Å²) in [5, 5.41) is 3.29. The Morgan fingerprint density at radius 3 is 2.87 bits per heavy atom. The van der Waals surface area contributed by atoms with Crippen molar-refractivity contribution in [2.75, 3.05) is 7.05 Å². The van der Waals surface area contributed by atoms with E-state index in [1.165, 1.54) is 5.56 Å². The van der Waals surface area contributed by atoms with Crippen molar-refractivity contribution in [2.45, 2.75) is 26.3 Å². The van der Waals surface area contributed by atoms with E-state index in [1.54, 1.807) is 6.20 Å². The molecule has 2 atom stereocenters. The number of nitrogens with zero attached hydrogens (tertiary/aromatic N) is 1. The van der Waals surface area contributed by atoms with Crippen LogP contribution in [0.3, 0.4) is 0 Å². The van der Waals surface area contributed by atoms with Gasteiger partial charge in [-0.05, 0) is 37.9 Å². The lowest BCUT2D eigenvalue weighted by molar-refractivity contribution is 0.457. The smallest absolute Gasteiger partial charge is 0.0340 e. The molecule has 0 bridgehead atoms. The lowest BCUT2D eigenvalue weighted by atomic mass is 9.97. The average molecular weight is 204 g/mol. The fourth-order valence-electron chi connectivity index (χ4n) is 1.58. The van der Waals surface area contributed by atoms with Crippen LogP contribution in [0.5, 0.6) is 0 Å². The van der Waals surface area contributed by atoms with E-state index in [0.717, 1.165) is 6.42 Å². The number of hydrogen-bond donors (Lipinski definition) is 1. The topological polar surface area (TPSA) is 24.9 Å². The highest BCUT2D eigenvalue weighted by Gasteiger charge is 2.09. The van der Waals surface area contributed by atoms with Gasteiger partial charge in [-0.1, -0.05) is 25.1 Å². The van der Waals surface area contributed by atoms with Crippen LogP contribution in [-0.2, 0) is 0 Å². The fraction of sp³-hybridized carbons (Fsp3) is 0.462. The predicted octanol–water partition coefficient (Wildman–Crippen LogP) is 2.73. The van der Waals surface area contributed by atoms with Crippen LogP contribution in [0, 0.1) is 5.92 Å². The summed E-state index contributed by atoms with van der Waals surface area (Å²) >= 11 is 0. The first-order chi connectivity index (χ1) is 7.27. The minimum absolute atomic E-state index is 0.517. The van der Waals surface area contributed by atoms with Gasteiger partial charge in [0.25, 0.3) is 0 Å². The molecule has 0 aliphatic carbocycles. The lowest BCUT2D eigenvalue weighted by Crippen LogP contribution is -2.28. The zero-order valence-electron chi connectivity index (χ0n) is 9.77. The van der Waals surface area contributed by atoms with Gasteiger partial charge in [0.15, 0.2) is 0 Å². The second-order valence-corrected chi connectivity index (χ2v) is 3.79. The minimum Gasteiger partial charge on any atom is -0.317 e. The van der Waals surface area contributed by atoms with Crippen molar-refractivity contribution in [3.63, 3.8) is 0 Å². The van der Waals surface area contributed by atoms with Crippen molar-refractivity contribution in [2.24, 2.45) is 5.92 Å². The molecule has 0 aliphatic rings. The van der Waals surface area contributed by atoms with Gasteiger partial charge in [-0.25, -0.2) is 0 Å². The number of hydrogen-bond acceptors (Lipinski definition) is 2. The van der Waals surface area contributed by atoms with E-state index in [-0.39, 0.29) is 0 Å². The summed E-state index contributed by atoms with van der Waals surface area (Å²) in [5.74, 6) is 0.579. The molecule has 2 heteroatoms. The summed E-state index contributed by atoms with van der Waals surface area (Å²) in [6.45, 7) is 4.42. The Hall–Kier alpha value is -1.15. The van der Waals surface area contributed by atoms with Crippen LogP contribution in [0.25, 0.3) is 6.08 Å². The zero-order chi connectivity index (χ0) is 11.1. The van der Waals surface area contributed by atoms with E-state index in [9.17, 15) is 0 Å². The van der Waals surface area contributed by atoms with E-state index in [1.807, 2.05) is 19.3 Å². The molecule has 0 amide bonds. The van der Waals surface area contributed by atoms with Crippen LogP contribution in [0.4, 0.5) is 0 Å². The van der Waals surface area contributed by atoms with Crippen molar-refractivity contribution < 1.29 is 0 Å². The van der Waals surface area contributed by atoms with Gasteiger partial charge in [0, 0.05) is 18.4 Å². The molecule has 0 aliphatic heterocycles. The fourth-order valence-corrected chi connectivity index (χ4v) is 1.58. The molecule has 2 nitrogen and oxygen atoms in total. The summed E-state index contributed by atoms with van der Waals surface area (Å²) in [7, 11) is 2.01. The van der Waals surface area contributed by atoms with Gasteiger partial charge in [-0.15, -0.1) is 0 Å². The van der Waals surface area contributed by atoms with Gasteiger partial charge >= 0.3 is 0 Å². The molecule has 1 rings (SSSR count). The van der Waals surface area contributed by atoms with Gasteiger partial charge < -0.3 is 5.32 Å². The van der Waals surface area contributed by atoms with Crippen molar-refractivity contribution >= 4 is 6.08 Å². The Labute approximate surface area is 92.4 Å². The largest absolute Gasteiger partial charge is 0.317 e. The first kappa shape index (κ1) is 11.9. The van der Waals surface area contributed by atoms with E-state index >= 15 is 0 Å². The van der Waals surface area contributed by atoms with Gasteiger partial charge in [0.05, 0.1) is 0 Å². The molecule has 1 aromatic rings. The maximum Gasteiger partial charge on any atom is 0.0340 e. The first-order valence-electron chi connectivity index (χ1n) is 5.53. The van der Waals surface area contributed by atoms with E-state index in [0.29, 0.717) is 12.0 Å². The van der Waals surface area contributed by atoms with Crippen LogP contribution in [0.15, 0.2) is 30.6 Å². The Morgan fingerprint density at radius 1 is 1.53 bits per heavy atom.